The van der Waals surface area contributed by atoms with E-state index in [0.717, 1.165) is 22.9 Å². The van der Waals surface area contributed by atoms with Crippen LogP contribution in [0.1, 0.15) is 16.7 Å². The molecule has 0 saturated carbocycles. The molecule has 3 aromatic rings. The SMILES string of the molecule is Cc1cccc(C)c1NS(=O)(=O)c1ccc(NC(=O)COc2ccc(CN(C)S(C)(=O)=O)cc2)cc1. The molecule has 0 aliphatic heterocycles. The Morgan fingerprint density at radius 2 is 1.47 bits per heavy atom. The third-order valence-electron chi connectivity index (χ3n) is 5.43. The van der Waals surface area contributed by atoms with E-state index >= 15 is 0 Å². The Labute approximate surface area is 212 Å². The molecule has 9 nitrogen and oxygen atoms in total. The first-order chi connectivity index (χ1) is 16.8. The van der Waals surface area contributed by atoms with Gasteiger partial charge in [0.15, 0.2) is 6.61 Å². The zero-order valence-corrected chi connectivity index (χ0v) is 22.1. The van der Waals surface area contributed by atoms with Crippen LogP contribution < -0.4 is 14.8 Å². The number of carbonyl (C=O) groups excluding carboxylic acids is 1. The van der Waals surface area contributed by atoms with Gasteiger partial charge in [-0.25, -0.2) is 21.1 Å². The van der Waals surface area contributed by atoms with E-state index in [1.165, 1.54) is 35.6 Å². The van der Waals surface area contributed by atoms with Gasteiger partial charge in [0.05, 0.1) is 16.8 Å². The van der Waals surface area contributed by atoms with Gasteiger partial charge in [0.1, 0.15) is 5.75 Å². The molecule has 3 rings (SSSR count). The molecule has 0 heterocycles. The van der Waals surface area contributed by atoms with Crippen LogP contribution in [-0.4, -0.2) is 47.0 Å². The second-order valence-corrected chi connectivity index (χ2v) is 12.2. The Hall–Kier alpha value is -3.41. The van der Waals surface area contributed by atoms with Crippen molar-refractivity contribution >= 4 is 37.3 Å². The number of carbonyl (C=O) groups is 1. The van der Waals surface area contributed by atoms with Gasteiger partial charge in [-0.15, -0.1) is 0 Å². The van der Waals surface area contributed by atoms with Crippen LogP contribution in [0.25, 0.3) is 0 Å². The summed E-state index contributed by atoms with van der Waals surface area (Å²) in [5.74, 6) is 0.0371. The summed E-state index contributed by atoms with van der Waals surface area (Å²) in [5, 5.41) is 2.66. The predicted octanol–water partition coefficient (Wildman–Crippen LogP) is 3.51. The van der Waals surface area contributed by atoms with E-state index in [2.05, 4.69) is 10.0 Å². The summed E-state index contributed by atoms with van der Waals surface area (Å²) in [6.45, 7) is 3.64. The van der Waals surface area contributed by atoms with Crippen molar-refractivity contribution in [1.82, 2.24) is 4.31 Å². The normalized spacial score (nSPS) is 11.8. The molecule has 0 fully saturated rings. The molecular formula is C25H29N3O6S2. The quantitative estimate of drug-likeness (QED) is 0.413. The van der Waals surface area contributed by atoms with E-state index < -0.39 is 26.0 Å². The van der Waals surface area contributed by atoms with E-state index in [1.807, 2.05) is 32.0 Å². The molecular weight excluding hydrogens is 502 g/mol. The van der Waals surface area contributed by atoms with E-state index in [4.69, 9.17) is 4.74 Å². The van der Waals surface area contributed by atoms with Crippen LogP contribution in [0.3, 0.4) is 0 Å². The maximum absolute atomic E-state index is 12.8. The number of nitrogens with one attached hydrogen (secondary N) is 2. The van der Waals surface area contributed by atoms with E-state index in [0.29, 0.717) is 17.1 Å². The summed E-state index contributed by atoms with van der Waals surface area (Å²) in [6.07, 6.45) is 1.14. The van der Waals surface area contributed by atoms with Crippen molar-refractivity contribution in [3.05, 3.63) is 83.4 Å². The second kappa shape index (κ2) is 11.1. The zero-order chi connectivity index (χ0) is 26.5. The van der Waals surface area contributed by atoms with Crippen molar-refractivity contribution in [2.24, 2.45) is 0 Å². The summed E-state index contributed by atoms with van der Waals surface area (Å²) in [5.41, 5.74) is 3.38. The second-order valence-electron chi connectivity index (χ2n) is 8.40. The molecule has 0 unspecified atom stereocenters. The number of ether oxygens (including phenoxy) is 1. The Bertz CT molecular complexity index is 1420. The Morgan fingerprint density at radius 1 is 0.889 bits per heavy atom. The molecule has 0 radical (unpaired) electrons. The topological polar surface area (TPSA) is 122 Å². The van der Waals surface area contributed by atoms with Gasteiger partial charge < -0.3 is 10.1 Å². The van der Waals surface area contributed by atoms with Crippen molar-refractivity contribution in [3.63, 3.8) is 0 Å². The minimum atomic E-state index is -3.79. The molecule has 1 amide bonds. The molecule has 0 aromatic heterocycles. The summed E-state index contributed by atoms with van der Waals surface area (Å²) in [7, 11) is -5.58. The fraction of sp³-hybridized carbons (Fsp3) is 0.240. The summed E-state index contributed by atoms with van der Waals surface area (Å²) in [4.78, 5) is 12.3. The predicted molar refractivity (Wildman–Crippen MR) is 140 cm³/mol. The van der Waals surface area contributed by atoms with Gasteiger partial charge in [-0.05, 0) is 66.9 Å². The fourth-order valence-corrected chi connectivity index (χ4v) is 4.88. The van der Waals surface area contributed by atoms with Gasteiger partial charge in [-0.2, -0.15) is 0 Å². The molecule has 0 atom stereocenters. The first kappa shape index (κ1) is 27.2. The van der Waals surface area contributed by atoms with Gasteiger partial charge >= 0.3 is 0 Å². The molecule has 192 valence electrons. The molecule has 0 saturated heterocycles. The average Bonchev–Trinajstić information content (AvgIpc) is 2.81. The van der Waals surface area contributed by atoms with Crippen molar-refractivity contribution in [3.8, 4) is 5.75 Å². The third-order valence-corrected chi connectivity index (χ3v) is 8.06. The molecule has 0 spiro atoms. The van der Waals surface area contributed by atoms with Crippen molar-refractivity contribution in [2.75, 3.05) is 29.9 Å². The monoisotopic (exact) mass is 531 g/mol. The number of nitrogens with zero attached hydrogens (tertiary/aromatic N) is 1. The van der Waals surface area contributed by atoms with Crippen LogP contribution in [-0.2, 0) is 31.4 Å². The minimum absolute atomic E-state index is 0.0704. The lowest BCUT2D eigenvalue weighted by Gasteiger charge is -2.14. The van der Waals surface area contributed by atoms with Gasteiger partial charge in [-0.3, -0.25) is 9.52 Å². The number of aryl methyl sites for hydroxylation is 2. The van der Waals surface area contributed by atoms with Gasteiger partial charge in [0, 0.05) is 19.3 Å². The lowest BCUT2D eigenvalue weighted by atomic mass is 10.1. The summed E-state index contributed by atoms with van der Waals surface area (Å²) in [6, 6.07) is 18.1. The van der Waals surface area contributed by atoms with Crippen molar-refractivity contribution in [2.45, 2.75) is 25.3 Å². The zero-order valence-electron chi connectivity index (χ0n) is 20.5. The number of para-hydroxylation sites is 1. The minimum Gasteiger partial charge on any atom is -0.484 e. The molecule has 36 heavy (non-hydrogen) atoms. The highest BCUT2D eigenvalue weighted by atomic mass is 32.2. The third kappa shape index (κ3) is 7.30. The van der Waals surface area contributed by atoms with E-state index in [-0.39, 0.29) is 18.0 Å². The summed E-state index contributed by atoms with van der Waals surface area (Å²) < 4.78 is 57.9. The van der Waals surface area contributed by atoms with Crippen LogP contribution in [0, 0.1) is 13.8 Å². The number of benzene rings is 3. The first-order valence-electron chi connectivity index (χ1n) is 11.0. The van der Waals surface area contributed by atoms with E-state index in [9.17, 15) is 21.6 Å². The largest absolute Gasteiger partial charge is 0.484 e. The Balaban J connectivity index is 1.55. The maximum atomic E-state index is 12.8. The van der Waals surface area contributed by atoms with Crippen LogP contribution in [0.4, 0.5) is 11.4 Å². The van der Waals surface area contributed by atoms with Crippen molar-refractivity contribution < 1.29 is 26.4 Å². The van der Waals surface area contributed by atoms with Gasteiger partial charge in [0.25, 0.3) is 15.9 Å². The lowest BCUT2D eigenvalue weighted by molar-refractivity contribution is -0.118. The van der Waals surface area contributed by atoms with Crippen LogP contribution in [0.15, 0.2) is 71.6 Å². The lowest BCUT2D eigenvalue weighted by Crippen LogP contribution is -2.24. The van der Waals surface area contributed by atoms with Crippen LogP contribution in [0.2, 0.25) is 0 Å². The number of amides is 1. The summed E-state index contributed by atoms with van der Waals surface area (Å²) >= 11 is 0. The van der Waals surface area contributed by atoms with Gasteiger partial charge in [-0.1, -0.05) is 30.3 Å². The fourth-order valence-electron chi connectivity index (χ4n) is 3.30. The highest BCUT2D eigenvalue weighted by molar-refractivity contribution is 7.92. The number of hydrogen-bond donors (Lipinski definition) is 2. The first-order valence-corrected chi connectivity index (χ1v) is 14.3. The number of sulfonamides is 2. The molecule has 3 aromatic carbocycles. The number of rotatable bonds is 10. The molecule has 0 bridgehead atoms. The Morgan fingerprint density at radius 3 is 2.03 bits per heavy atom. The smallest absolute Gasteiger partial charge is 0.262 e. The van der Waals surface area contributed by atoms with Crippen LogP contribution in [0.5, 0.6) is 5.75 Å². The Kier molecular flexibility index (Phi) is 8.39. The van der Waals surface area contributed by atoms with Crippen molar-refractivity contribution in [1.29, 1.82) is 0 Å². The van der Waals surface area contributed by atoms with Crippen LogP contribution >= 0.6 is 0 Å². The molecule has 2 N–H and O–H groups in total. The molecule has 0 aliphatic carbocycles. The van der Waals surface area contributed by atoms with Gasteiger partial charge in [0.2, 0.25) is 10.0 Å². The standard InChI is InChI=1S/C25H29N3O6S2/c1-18-6-5-7-19(2)25(18)27-36(32,33)23-14-10-21(11-15-23)26-24(29)17-34-22-12-8-20(9-13-22)16-28(3)35(4,30)31/h5-15,27H,16-17H2,1-4H3,(H,26,29). The number of hydrogen-bond acceptors (Lipinski definition) is 6. The molecule has 0 aliphatic rings. The molecule has 11 heteroatoms. The number of anilines is 2. The van der Waals surface area contributed by atoms with E-state index in [1.54, 1.807) is 24.3 Å². The highest BCUT2D eigenvalue weighted by Crippen LogP contribution is 2.24. The highest BCUT2D eigenvalue weighted by Gasteiger charge is 2.17. The average molecular weight is 532 g/mol. The maximum Gasteiger partial charge on any atom is 0.262 e.